The summed E-state index contributed by atoms with van der Waals surface area (Å²) < 4.78 is 27.4. The average Bonchev–Trinajstić information content (AvgIpc) is 2.67. The number of sulfonamides is 1. The number of rotatable bonds is 6. The molecule has 1 aliphatic rings. The number of nitrogens with one attached hydrogen (secondary N) is 1. The van der Waals surface area contributed by atoms with Crippen LogP contribution in [0.1, 0.15) is 30.1 Å². The highest BCUT2D eigenvalue weighted by Gasteiger charge is 2.29. The Morgan fingerprint density at radius 3 is 2.71 bits per heavy atom. The van der Waals surface area contributed by atoms with Gasteiger partial charge in [-0.15, -0.1) is 0 Å². The van der Waals surface area contributed by atoms with E-state index in [4.69, 9.17) is 23.2 Å². The Morgan fingerprint density at radius 1 is 1.21 bits per heavy atom. The molecular weight excluding hydrogens is 419 g/mol. The van der Waals surface area contributed by atoms with Crippen LogP contribution in [0.2, 0.25) is 10.0 Å². The van der Waals surface area contributed by atoms with Gasteiger partial charge < -0.3 is 5.32 Å². The lowest BCUT2D eigenvalue weighted by Gasteiger charge is -2.30. The lowest BCUT2D eigenvalue weighted by atomic mass is 10.0. The van der Waals surface area contributed by atoms with Crippen molar-refractivity contribution in [3.05, 3.63) is 58.1 Å². The van der Waals surface area contributed by atoms with E-state index in [2.05, 4.69) is 12.2 Å². The topological polar surface area (TPSA) is 66.5 Å². The maximum atomic E-state index is 12.9. The molecule has 0 aliphatic carbocycles. The Bertz CT molecular complexity index is 979. The van der Waals surface area contributed by atoms with Crippen LogP contribution in [0.15, 0.2) is 47.4 Å². The van der Waals surface area contributed by atoms with Gasteiger partial charge >= 0.3 is 0 Å². The minimum absolute atomic E-state index is 0.00833. The first kappa shape index (κ1) is 21.1. The molecule has 0 amide bonds. The van der Waals surface area contributed by atoms with E-state index in [0.29, 0.717) is 40.3 Å². The molecular formula is C20H22Cl2N2O3S. The first-order chi connectivity index (χ1) is 13.3. The molecule has 0 spiro atoms. The normalized spacial score (nSPS) is 18.0. The monoisotopic (exact) mass is 440 g/mol. The Balaban J connectivity index is 1.74. The van der Waals surface area contributed by atoms with Gasteiger partial charge in [-0.25, -0.2) is 8.42 Å². The number of carbonyl (C=O) groups excluding carboxylic acids is 1. The lowest BCUT2D eigenvalue weighted by Crippen LogP contribution is -2.39. The Morgan fingerprint density at radius 2 is 2.00 bits per heavy atom. The average molecular weight is 441 g/mol. The molecule has 2 aromatic rings. The summed E-state index contributed by atoms with van der Waals surface area (Å²) in [6, 6.07) is 11.1. The molecule has 0 bridgehead atoms. The van der Waals surface area contributed by atoms with E-state index in [-0.39, 0.29) is 17.2 Å². The number of nitrogens with zero attached hydrogens (tertiary/aromatic N) is 1. The molecule has 8 heteroatoms. The van der Waals surface area contributed by atoms with Gasteiger partial charge in [-0.1, -0.05) is 42.3 Å². The van der Waals surface area contributed by atoms with E-state index in [1.54, 1.807) is 30.3 Å². The predicted molar refractivity (Wildman–Crippen MR) is 113 cm³/mol. The zero-order valence-corrected chi connectivity index (χ0v) is 17.8. The van der Waals surface area contributed by atoms with E-state index in [1.165, 1.54) is 16.4 Å². The molecule has 1 aliphatic heterocycles. The van der Waals surface area contributed by atoms with Crippen molar-refractivity contribution in [3.8, 4) is 0 Å². The van der Waals surface area contributed by atoms with Crippen molar-refractivity contribution in [2.24, 2.45) is 5.92 Å². The van der Waals surface area contributed by atoms with Crippen LogP contribution < -0.4 is 5.32 Å². The minimum Gasteiger partial charge on any atom is -0.376 e. The number of carbonyl (C=O) groups is 1. The fourth-order valence-corrected chi connectivity index (χ4v) is 5.37. The summed E-state index contributed by atoms with van der Waals surface area (Å²) >= 11 is 12.0. The molecule has 0 radical (unpaired) electrons. The number of benzene rings is 2. The second kappa shape index (κ2) is 8.82. The summed E-state index contributed by atoms with van der Waals surface area (Å²) in [7, 11) is -3.60. The third-order valence-corrected chi connectivity index (χ3v) is 7.19. The van der Waals surface area contributed by atoms with E-state index < -0.39 is 10.0 Å². The van der Waals surface area contributed by atoms with Gasteiger partial charge in [0.25, 0.3) is 0 Å². The first-order valence-electron chi connectivity index (χ1n) is 9.09. The van der Waals surface area contributed by atoms with E-state index in [0.717, 1.165) is 12.8 Å². The molecule has 3 rings (SSSR count). The van der Waals surface area contributed by atoms with Crippen LogP contribution in [0, 0.1) is 5.92 Å². The second-order valence-electron chi connectivity index (χ2n) is 7.04. The Kier molecular flexibility index (Phi) is 6.65. The largest absolute Gasteiger partial charge is 0.376 e. The second-order valence-corrected chi connectivity index (χ2v) is 9.82. The fraction of sp³-hybridized carbons (Fsp3) is 0.350. The Hall–Kier alpha value is -1.60. The van der Waals surface area contributed by atoms with Crippen molar-refractivity contribution in [1.29, 1.82) is 0 Å². The summed E-state index contributed by atoms with van der Waals surface area (Å²) in [4.78, 5) is 12.7. The van der Waals surface area contributed by atoms with Crippen LogP contribution in [0.5, 0.6) is 0 Å². The predicted octanol–water partition coefficient (Wildman–Crippen LogP) is 4.71. The van der Waals surface area contributed by atoms with Crippen molar-refractivity contribution in [1.82, 2.24) is 4.31 Å². The van der Waals surface area contributed by atoms with E-state index in [9.17, 15) is 13.2 Å². The van der Waals surface area contributed by atoms with Gasteiger partial charge in [0.1, 0.15) is 0 Å². The molecule has 1 fully saturated rings. The van der Waals surface area contributed by atoms with Gasteiger partial charge in [-0.3, -0.25) is 4.79 Å². The van der Waals surface area contributed by atoms with Crippen molar-refractivity contribution < 1.29 is 13.2 Å². The SMILES string of the molecule is CC1CCCN(S(=O)(=O)c2cccc(C(=O)CNc3ccc(Cl)cc3Cl)c2)C1. The van der Waals surface area contributed by atoms with Gasteiger partial charge in [0.2, 0.25) is 10.0 Å². The van der Waals surface area contributed by atoms with Crippen LogP contribution in [0.25, 0.3) is 0 Å². The molecule has 2 aromatic carbocycles. The van der Waals surface area contributed by atoms with Crippen molar-refractivity contribution >= 4 is 44.7 Å². The van der Waals surface area contributed by atoms with E-state index in [1.807, 2.05) is 0 Å². The highest BCUT2D eigenvalue weighted by Crippen LogP contribution is 2.26. The molecule has 0 saturated carbocycles. The van der Waals surface area contributed by atoms with Crippen LogP contribution in [-0.2, 0) is 10.0 Å². The summed E-state index contributed by atoms with van der Waals surface area (Å²) in [5.74, 6) is 0.108. The molecule has 0 aromatic heterocycles. The summed E-state index contributed by atoms with van der Waals surface area (Å²) in [6.45, 7) is 3.07. The van der Waals surface area contributed by atoms with Gasteiger partial charge in [-0.2, -0.15) is 4.31 Å². The van der Waals surface area contributed by atoms with Gasteiger partial charge in [0.15, 0.2) is 5.78 Å². The molecule has 28 heavy (non-hydrogen) atoms. The standard InChI is InChI=1S/C20H22Cl2N2O3S/c1-14-4-3-9-24(13-14)28(26,27)17-6-2-5-15(10-17)20(25)12-23-19-8-7-16(21)11-18(19)22/h2,5-8,10-11,14,23H,3-4,9,12-13H2,1H3. The van der Waals surface area contributed by atoms with Crippen molar-refractivity contribution in [2.45, 2.75) is 24.7 Å². The van der Waals surface area contributed by atoms with Crippen molar-refractivity contribution in [2.75, 3.05) is 25.0 Å². The summed E-state index contributed by atoms with van der Waals surface area (Å²) in [5.41, 5.74) is 0.925. The molecule has 1 N–H and O–H groups in total. The molecule has 150 valence electrons. The first-order valence-corrected chi connectivity index (χ1v) is 11.3. The minimum atomic E-state index is -3.60. The molecule has 1 saturated heterocycles. The van der Waals surface area contributed by atoms with Crippen LogP contribution in [0.4, 0.5) is 5.69 Å². The van der Waals surface area contributed by atoms with Gasteiger partial charge in [-0.05, 0) is 49.1 Å². The number of Topliss-reactive ketones (excluding diaryl/α,β-unsaturated/α-hetero) is 1. The molecule has 1 heterocycles. The van der Waals surface area contributed by atoms with E-state index >= 15 is 0 Å². The van der Waals surface area contributed by atoms with Crippen molar-refractivity contribution in [3.63, 3.8) is 0 Å². The van der Waals surface area contributed by atoms with Gasteiger partial charge in [0.05, 0.1) is 22.2 Å². The quantitative estimate of drug-likeness (QED) is 0.660. The summed E-state index contributed by atoms with van der Waals surface area (Å²) in [6.07, 6.45) is 1.88. The molecule has 5 nitrogen and oxygen atoms in total. The third kappa shape index (κ3) is 4.87. The lowest BCUT2D eigenvalue weighted by molar-refractivity contribution is 0.101. The highest BCUT2D eigenvalue weighted by molar-refractivity contribution is 7.89. The number of piperidine rings is 1. The fourth-order valence-electron chi connectivity index (χ4n) is 3.25. The Labute approximate surface area is 175 Å². The number of halogens is 2. The maximum Gasteiger partial charge on any atom is 0.243 e. The smallest absolute Gasteiger partial charge is 0.243 e. The third-order valence-electron chi connectivity index (χ3n) is 4.78. The number of anilines is 1. The zero-order valence-electron chi connectivity index (χ0n) is 15.5. The van der Waals surface area contributed by atoms with Crippen LogP contribution in [-0.4, -0.2) is 38.1 Å². The molecule has 1 atom stereocenters. The zero-order chi connectivity index (χ0) is 20.3. The van der Waals surface area contributed by atoms with Crippen LogP contribution >= 0.6 is 23.2 Å². The number of ketones is 1. The summed E-state index contributed by atoms with van der Waals surface area (Å²) in [5, 5.41) is 3.88. The van der Waals surface area contributed by atoms with Crippen LogP contribution in [0.3, 0.4) is 0 Å². The highest BCUT2D eigenvalue weighted by atomic mass is 35.5. The molecule has 1 unspecified atom stereocenters. The maximum absolute atomic E-state index is 12.9. The van der Waals surface area contributed by atoms with Gasteiger partial charge in [0, 0.05) is 23.7 Å². The number of hydrogen-bond acceptors (Lipinski definition) is 4. The number of hydrogen-bond donors (Lipinski definition) is 1.